The summed E-state index contributed by atoms with van der Waals surface area (Å²) in [5, 5.41) is 0. The number of likely N-dealkylation sites (tertiary alicyclic amines) is 1. The van der Waals surface area contributed by atoms with Crippen molar-refractivity contribution in [2.75, 3.05) is 6.54 Å². The molecule has 1 aromatic rings. The van der Waals surface area contributed by atoms with Gasteiger partial charge in [-0.1, -0.05) is 0 Å². The van der Waals surface area contributed by atoms with Crippen LogP contribution in [0.25, 0.3) is 0 Å². The van der Waals surface area contributed by atoms with E-state index >= 15 is 0 Å². The molecule has 1 aliphatic heterocycles. The zero-order valence-electron chi connectivity index (χ0n) is 10.5. The number of furan rings is 1. The first-order chi connectivity index (χ1) is 8.13. The summed E-state index contributed by atoms with van der Waals surface area (Å²) in [5.41, 5.74) is 5.75. The van der Waals surface area contributed by atoms with Gasteiger partial charge in [0.1, 0.15) is 5.76 Å². The lowest BCUT2D eigenvalue weighted by atomic mass is 9.96. The van der Waals surface area contributed by atoms with Gasteiger partial charge in [0, 0.05) is 18.6 Å². The second-order valence-corrected chi connectivity index (χ2v) is 4.79. The van der Waals surface area contributed by atoms with Crippen LogP contribution in [-0.2, 0) is 0 Å². The van der Waals surface area contributed by atoms with E-state index in [1.165, 1.54) is 0 Å². The van der Waals surface area contributed by atoms with Crippen molar-refractivity contribution >= 4 is 5.91 Å². The third kappa shape index (κ3) is 2.36. The molecule has 2 heterocycles. The number of aryl methyl sites for hydroxylation is 1. The van der Waals surface area contributed by atoms with Gasteiger partial charge in [0.25, 0.3) is 5.91 Å². The minimum Gasteiger partial charge on any atom is -0.456 e. The Morgan fingerprint density at radius 2 is 2.29 bits per heavy atom. The lowest BCUT2D eigenvalue weighted by molar-refractivity contribution is 0.0461. The first kappa shape index (κ1) is 12.2. The standard InChI is InChI=1S/C13H20N2O2/c1-9-4-3-5-11(8-14)15(9)13(16)12-7-6-10(2)17-12/h6-7,9,11H,3-5,8,14H2,1-2H3. The maximum absolute atomic E-state index is 12.4. The SMILES string of the molecule is Cc1ccc(C(=O)N2C(C)CCCC2CN)o1. The van der Waals surface area contributed by atoms with E-state index < -0.39 is 0 Å². The Balaban J connectivity index is 2.21. The van der Waals surface area contributed by atoms with Gasteiger partial charge in [0.15, 0.2) is 5.76 Å². The van der Waals surface area contributed by atoms with Gasteiger partial charge in [-0.2, -0.15) is 0 Å². The third-order valence-corrected chi connectivity index (χ3v) is 3.49. The Hall–Kier alpha value is -1.29. The van der Waals surface area contributed by atoms with E-state index in [2.05, 4.69) is 6.92 Å². The van der Waals surface area contributed by atoms with Crippen LogP contribution in [0, 0.1) is 6.92 Å². The fourth-order valence-corrected chi connectivity index (χ4v) is 2.56. The number of rotatable bonds is 2. The molecule has 2 unspecified atom stereocenters. The van der Waals surface area contributed by atoms with Crippen molar-refractivity contribution in [3.63, 3.8) is 0 Å². The highest BCUT2D eigenvalue weighted by molar-refractivity contribution is 5.92. The number of carbonyl (C=O) groups excluding carboxylic acids is 1. The quantitative estimate of drug-likeness (QED) is 0.853. The van der Waals surface area contributed by atoms with Crippen LogP contribution in [0.5, 0.6) is 0 Å². The van der Waals surface area contributed by atoms with Gasteiger partial charge in [-0.25, -0.2) is 0 Å². The van der Waals surface area contributed by atoms with Crippen molar-refractivity contribution in [1.82, 2.24) is 4.90 Å². The van der Waals surface area contributed by atoms with Crippen molar-refractivity contribution in [2.24, 2.45) is 5.73 Å². The molecule has 4 nitrogen and oxygen atoms in total. The normalized spacial score (nSPS) is 25.0. The van der Waals surface area contributed by atoms with Crippen LogP contribution < -0.4 is 5.73 Å². The molecule has 1 fully saturated rings. The molecule has 0 saturated carbocycles. The fourth-order valence-electron chi connectivity index (χ4n) is 2.56. The van der Waals surface area contributed by atoms with Crippen molar-refractivity contribution in [3.05, 3.63) is 23.7 Å². The fraction of sp³-hybridized carbons (Fsp3) is 0.615. The van der Waals surface area contributed by atoms with Gasteiger partial charge in [-0.05, 0) is 45.2 Å². The van der Waals surface area contributed by atoms with Gasteiger partial charge in [-0.3, -0.25) is 4.79 Å². The van der Waals surface area contributed by atoms with Gasteiger partial charge < -0.3 is 15.1 Å². The summed E-state index contributed by atoms with van der Waals surface area (Å²) in [5.74, 6) is 1.16. The number of carbonyl (C=O) groups is 1. The second-order valence-electron chi connectivity index (χ2n) is 4.79. The number of hydrogen-bond donors (Lipinski definition) is 1. The molecule has 0 aliphatic carbocycles. The number of hydrogen-bond acceptors (Lipinski definition) is 3. The van der Waals surface area contributed by atoms with Crippen molar-refractivity contribution in [1.29, 1.82) is 0 Å². The van der Waals surface area contributed by atoms with Crippen LogP contribution in [0.2, 0.25) is 0 Å². The van der Waals surface area contributed by atoms with Gasteiger partial charge >= 0.3 is 0 Å². The molecule has 1 saturated heterocycles. The minimum absolute atomic E-state index is 0.0271. The Kier molecular flexibility index (Phi) is 3.52. The first-order valence-electron chi connectivity index (χ1n) is 6.22. The molecule has 1 amide bonds. The number of piperidine rings is 1. The van der Waals surface area contributed by atoms with Crippen molar-refractivity contribution in [3.8, 4) is 0 Å². The lowest BCUT2D eigenvalue weighted by Gasteiger charge is -2.39. The lowest BCUT2D eigenvalue weighted by Crippen LogP contribution is -2.51. The summed E-state index contributed by atoms with van der Waals surface area (Å²) < 4.78 is 5.41. The Bertz CT molecular complexity index is 400. The van der Waals surface area contributed by atoms with Crippen LogP contribution in [-0.4, -0.2) is 29.4 Å². The van der Waals surface area contributed by atoms with Crippen LogP contribution in [0.3, 0.4) is 0 Å². The Morgan fingerprint density at radius 1 is 1.53 bits per heavy atom. The van der Waals surface area contributed by atoms with E-state index in [1.807, 2.05) is 17.9 Å². The highest BCUT2D eigenvalue weighted by Gasteiger charge is 2.32. The highest BCUT2D eigenvalue weighted by atomic mass is 16.3. The number of nitrogens with two attached hydrogens (primary N) is 1. The summed E-state index contributed by atoms with van der Waals surface area (Å²) in [6.45, 7) is 4.45. The summed E-state index contributed by atoms with van der Waals surface area (Å²) in [6.07, 6.45) is 3.18. The minimum atomic E-state index is -0.0271. The van der Waals surface area contributed by atoms with Gasteiger partial charge in [0.05, 0.1) is 0 Å². The monoisotopic (exact) mass is 236 g/mol. The molecule has 1 aliphatic rings. The molecule has 2 N–H and O–H groups in total. The van der Waals surface area contributed by atoms with Gasteiger partial charge in [0.2, 0.25) is 0 Å². The maximum Gasteiger partial charge on any atom is 0.290 e. The van der Waals surface area contributed by atoms with Crippen LogP contribution in [0.15, 0.2) is 16.5 Å². The predicted molar refractivity (Wildman–Crippen MR) is 65.8 cm³/mol. The van der Waals surface area contributed by atoms with Crippen LogP contribution >= 0.6 is 0 Å². The van der Waals surface area contributed by atoms with Crippen LogP contribution in [0.1, 0.15) is 42.5 Å². The molecule has 4 heteroatoms. The molecular weight excluding hydrogens is 216 g/mol. The Labute approximate surface area is 102 Å². The average Bonchev–Trinajstić information content (AvgIpc) is 2.74. The topological polar surface area (TPSA) is 59.5 Å². The molecule has 0 aromatic carbocycles. The molecule has 0 radical (unpaired) electrons. The van der Waals surface area contributed by atoms with E-state index in [1.54, 1.807) is 6.07 Å². The smallest absolute Gasteiger partial charge is 0.290 e. The molecule has 2 rings (SSSR count). The van der Waals surface area contributed by atoms with Crippen LogP contribution in [0.4, 0.5) is 0 Å². The number of amides is 1. The van der Waals surface area contributed by atoms with Crippen molar-refractivity contribution < 1.29 is 9.21 Å². The van der Waals surface area contributed by atoms with E-state index in [9.17, 15) is 4.79 Å². The molecule has 1 aromatic heterocycles. The van der Waals surface area contributed by atoms with Crippen molar-refractivity contribution in [2.45, 2.75) is 45.2 Å². The summed E-state index contributed by atoms with van der Waals surface area (Å²) in [6, 6.07) is 3.96. The second kappa shape index (κ2) is 4.92. The average molecular weight is 236 g/mol. The summed E-state index contributed by atoms with van der Waals surface area (Å²) in [7, 11) is 0. The summed E-state index contributed by atoms with van der Waals surface area (Å²) in [4.78, 5) is 14.3. The molecule has 2 atom stereocenters. The third-order valence-electron chi connectivity index (χ3n) is 3.49. The molecule has 94 valence electrons. The largest absolute Gasteiger partial charge is 0.456 e. The highest BCUT2D eigenvalue weighted by Crippen LogP contribution is 2.24. The van der Waals surface area contributed by atoms with E-state index in [-0.39, 0.29) is 18.0 Å². The van der Waals surface area contributed by atoms with E-state index in [0.717, 1.165) is 25.0 Å². The molecule has 17 heavy (non-hydrogen) atoms. The zero-order chi connectivity index (χ0) is 12.4. The van der Waals surface area contributed by atoms with Gasteiger partial charge in [-0.15, -0.1) is 0 Å². The zero-order valence-corrected chi connectivity index (χ0v) is 10.5. The van der Waals surface area contributed by atoms with E-state index in [4.69, 9.17) is 10.2 Å². The first-order valence-corrected chi connectivity index (χ1v) is 6.22. The maximum atomic E-state index is 12.4. The summed E-state index contributed by atoms with van der Waals surface area (Å²) >= 11 is 0. The van der Waals surface area contributed by atoms with E-state index in [0.29, 0.717) is 12.3 Å². The molecule has 0 spiro atoms. The predicted octanol–water partition coefficient (Wildman–Crippen LogP) is 1.93. The molecular formula is C13H20N2O2. The number of nitrogens with zero attached hydrogens (tertiary/aromatic N) is 1. The molecule has 0 bridgehead atoms. The Morgan fingerprint density at radius 3 is 2.88 bits per heavy atom.